The van der Waals surface area contributed by atoms with Crippen LogP contribution in [-0.2, 0) is 18.5 Å². The summed E-state index contributed by atoms with van der Waals surface area (Å²) in [5.74, 6) is -0.513. The molecule has 0 aliphatic carbocycles. The molecule has 21 heavy (non-hydrogen) atoms. The molecule has 1 aliphatic rings. The van der Waals surface area contributed by atoms with Gasteiger partial charge in [-0.3, -0.25) is 0 Å². The van der Waals surface area contributed by atoms with Crippen molar-refractivity contribution in [2.45, 2.75) is 56.8 Å². The summed E-state index contributed by atoms with van der Waals surface area (Å²) in [6.07, 6.45) is 1.14. The lowest BCUT2D eigenvalue weighted by atomic mass is 10.0. The third kappa shape index (κ3) is 4.18. The zero-order chi connectivity index (χ0) is 15.8. The Balaban J connectivity index is 2.11. The Bertz CT molecular complexity index is 627. The Morgan fingerprint density at radius 1 is 1.38 bits per heavy atom. The highest BCUT2D eigenvalue weighted by Gasteiger charge is 2.29. The Morgan fingerprint density at radius 3 is 2.43 bits per heavy atom. The Morgan fingerprint density at radius 2 is 1.95 bits per heavy atom. The number of hydrogen-bond donors (Lipinski definition) is 0. The summed E-state index contributed by atoms with van der Waals surface area (Å²) in [5, 5.41) is 0. The molecule has 0 spiro atoms. The van der Waals surface area contributed by atoms with E-state index in [1.165, 1.54) is 6.07 Å². The van der Waals surface area contributed by atoms with E-state index >= 15 is 0 Å². The highest BCUT2D eigenvalue weighted by molar-refractivity contribution is 8.13. The van der Waals surface area contributed by atoms with Gasteiger partial charge in [0.25, 0.3) is 9.05 Å². The van der Waals surface area contributed by atoms with Gasteiger partial charge < -0.3 is 9.47 Å². The van der Waals surface area contributed by atoms with E-state index in [0.29, 0.717) is 17.7 Å². The second-order valence-electron chi connectivity index (χ2n) is 5.22. The fraction of sp³-hybridized carbons (Fsp3) is 0.615. The van der Waals surface area contributed by atoms with Gasteiger partial charge in [0.2, 0.25) is 0 Å². The molecule has 0 aromatic carbocycles. The highest BCUT2D eigenvalue weighted by atomic mass is 35.7. The van der Waals surface area contributed by atoms with Crippen LogP contribution < -0.4 is 0 Å². The first kappa shape index (κ1) is 16.7. The number of hydrogen-bond acceptors (Lipinski definition) is 6. The lowest BCUT2D eigenvalue weighted by Gasteiger charge is -2.31. The lowest BCUT2D eigenvalue weighted by Crippen LogP contribution is -2.35. The summed E-state index contributed by atoms with van der Waals surface area (Å²) in [5.41, 5.74) is 0. The Kier molecular flexibility index (Phi) is 4.97. The maximum Gasteiger partial charge on any atom is 0.348 e. The molecule has 0 saturated carbocycles. The zero-order valence-electron chi connectivity index (χ0n) is 12.0. The van der Waals surface area contributed by atoms with Crippen molar-refractivity contribution in [1.29, 1.82) is 0 Å². The second-order valence-corrected chi connectivity index (χ2v) is 9.02. The van der Waals surface area contributed by atoms with Gasteiger partial charge in [-0.25, -0.2) is 13.2 Å². The second kappa shape index (κ2) is 6.24. The van der Waals surface area contributed by atoms with E-state index in [2.05, 4.69) is 0 Å². The van der Waals surface area contributed by atoms with Gasteiger partial charge in [0.15, 0.2) is 0 Å². The molecule has 0 amide bonds. The summed E-state index contributed by atoms with van der Waals surface area (Å²) in [7, 11) is 1.48. The van der Waals surface area contributed by atoms with E-state index in [9.17, 15) is 13.2 Å². The van der Waals surface area contributed by atoms with Crippen LogP contribution in [0, 0.1) is 6.92 Å². The third-order valence-corrected chi connectivity index (χ3v) is 5.87. The van der Waals surface area contributed by atoms with E-state index in [1.807, 2.05) is 13.8 Å². The summed E-state index contributed by atoms with van der Waals surface area (Å²) in [6.45, 7) is 5.48. The Labute approximate surface area is 132 Å². The number of aryl methyl sites for hydroxylation is 1. The quantitative estimate of drug-likeness (QED) is 0.617. The maximum absolute atomic E-state index is 12.1. The molecule has 2 rings (SSSR count). The standard InChI is InChI=1S/C13H17ClO5S2/c1-7-4-10(5-8(2)18-7)19-13(15)11-6-12(9(3)20-11)21(14,16)17/h6-8,10H,4-5H2,1-3H3. The van der Waals surface area contributed by atoms with Gasteiger partial charge >= 0.3 is 5.97 Å². The molecule has 1 saturated heterocycles. The number of rotatable bonds is 3. The van der Waals surface area contributed by atoms with Crippen LogP contribution in [0.3, 0.4) is 0 Å². The summed E-state index contributed by atoms with van der Waals surface area (Å²) < 4.78 is 33.8. The van der Waals surface area contributed by atoms with Gasteiger partial charge in [-0.05, 0) is 26.8 Å². The van der Waals surface area contributed by atoms with Crippen LogP contribution in [-0.4, -0.2) is 32.7 Å². The zero-order valence-corrected chi connectivity index (χ0v) is 14.3. The van der Waals surface area contributed by atoms with Crippen molar-refractivity contribution < 1.29 is 22.7 Å². The van der Waals surface area contributed by atoms with Crippen LogP contribution in [0.25, 0.3) is 0 Å². The molecule has 118 valence electrons. The van der Waals surface area contributed by atoms with Gasteiger partial charge in [0, 0.05) is 28.4 Å². The third-order valence-electron chi connectivity index (χ3n) is 3.26. The van der Waals surface area contributed by atoms with Crippen molar-refractivity contribution in [2.24, 2.45) is 0 Å². The number of thiophene rings is 1. The Hall–Kier alpha value is -0.630. The average molecular weight is 353 g/mol. The van der Waals surface area contributed by atoms with Gasteiger partial charge in [0.05, 0.1) is 17.1 Å². The summed E-state index contributed by atoms with van der Waals surface area (Å²) in [4.78, 5) is 12.8. The predicted octanol–water partition coefficient (Wildman–Crippen LogP) is 3.10. The normalized spacial score (nSPS) is 26.6. The van der Waals surface area contributed by atoms with Crippen molar-refractivity contribution in [3.05, 3.63) is 15.8 Å². The smallest absolute Gasteiger partial charge is 0.348 e. The average Bonchev–Trinajstić information content (AvgIpc) is 2.69. The minimum Gasteiger partial charge on any atom is -0.458 e. The monoisotopic (exact) mass is 352 g/mol. The molecule has 1 aromatic heterocycles. The van der Waals surface area contributed by atoms with Crippen LogP contribution in [0.15, 0.2) is 11.0 Å². The van der Waals surface area contributed by atoms with Crippen LogP contribution in [0.2, 0.25) is 0 Å². The van der Waals surface area contributed by atoms with Crippen LogP contribution in [0.1, 0.15) is 41.2 Å². The molecule has 0 bridgehead atoms. The molecule has 1 fully saturated rings. The molecule has 2 unspecified atom stereocenters. The molecule has 0 radical (unpaired) electrons. The van der Waals surface area contributed by atoms with Crippen molar-refractivity contribution in [2.75, 3.05) is 0 Å². The summed E-state index contributed by atoms with van der Waals surface area (Å²) in [6, 6.07) is 1.27. The maximum atomic E-state index is 12.1. The van der Waals surface area contributed by atoms with Gasteiger partial charge in [0.1, 0.15) is 11.0 Å². The van der Waals surface area contributed by atoms with Gasteiger partial charge in [-0.1, -0.05) is 0 Å². The van der Waals surface area contributed by atoms with Crippen molar-refractivity contribution in [3.8, 4) is 0 Å². The molecule has 2 atom stereocenters. The topological polar surface area (TPSA) is 69.7 Å². The molecular formula is C13H17ClO5S2. The van der Waals surface area contributed by atoms with Crippen molar-refractivity contribution in [1.82, 2.24) is 0 Å². The van der Waals surface area contributed by atoms with Crippen molar-refractivity contribution >= 4 is 37.0 Å². The van der Waals surface area contributed by atoms with Gasteiger partial charge in [-0.2, -0.15) is 0 Å². The molecule has 8 heteroatoms. The summed E-state index contributed by atoms with van der Waals surface area (Å²) >= 11 is 1.07. The lowest BCUT2D eigenvalue weighted by molar-refractivity contribution is -0.0854. The van der Waals surface area contributed by atoms with E-state index in [1.54, 1.807) is 6.92 Å². The number of esters is 1. The molecule has 2 heterocycles. The molecular weight excluding hydrogens is 336 g/mol. The van der Waals surface area contributed by atoms with Crippen molar-refractivity contribution in [3.63, 3.8) is 0 Å². The predicted molar refractivity (Wildman–Crippen MR) is 80.5 cm³/mol. The largest absolute Gasteiger partial charge is 0.458 e. The number of halogens is 1. The first-order valence-electron chi connectivity index (χ1n) is 6.58. The SMILES string of the molecule is Cc1sc(C(=O)OC2CC(C)OC(C)C2)cc1S(=O)(=O)Cl. The van der Waals surface area contributed by atoms with E-state index in [-0.39, 0.29) is 28.1 Å². The van der Waals surface area contributed by atoms with E-state index < -0.39 is 15.0 Å². The first-order valence-corrected chi connectivity index (χ1v) is 9.71. The molecule has 0 N–H and O–H groups in total. The molecule has 5 nitrogen and oxygen atoms in total. The molecule has 1 aliphatic heterocycles. The minimum atomic E-state index is -3.84. The van der Waals surface area contributed by atoms with Gasteiger partial charge in [-0.15, -0.1) is 11.3 Å². The number of carbonyl (C=O) groups excluding carboxylic acids is 1. The van der Waals surface area contributed by atoms with Crippen LogP contribution >= 0.6 is 22.0 Å². The first-order chi connectivity index (χ1) is 9.66. The minimum absolute atomic E-state index is 0.0326. The fourth-order valence-corrected chi connectivity index (χ4v) is 5.00. The van der Waals surface area contributed by atoms with Crippen LogP contribution in [0.5, 0.6) is 0 Å². The fourth-order valence-electron chi connectivity index (χ4n) is 2.46. The number of ether oxygens (including phenoxy) is 2. The molecule has 1 aromatic rings. The number of carbonyl (C=O) groups is 1. The van der Waals surface area contributed by atoms with E-state index in [4.69, 9.17) is 20.2 Å². The van der Waals surface area contributed by atoms with E-state index in [0.717, 1.165) is 11.3 Å². The van der Waals surface area contributed by atoms with Crippen LogP contribution in [0.4, 0.5) is 0 Å². The highest BCUT2D eigenvalue weighted by Crippen LogP contribution is 2.30.